The Morgan fingerprint density at radius 2 is 2.00 bits per heavy atom. The van der Waals surface area contributed by atoms with E-state index in [1.807, 2.05) is 0 Å². The molecule has 4 nitrogen and oxygen atoms in total. The Morgan fingerprint density at radius 1 is 1.31 bits per heavy atom. The summed E-state index contributed by atoms with van der Waals surface area (Å²) in [6, 6.07) is 1.01. The number of hydrogen-bond acceptors (Lipinski definition) is 4. The van der Waals surface area contributed by atoms with E-state index >= 15 is 0 Å². The molecule has 0 saturated carbocycles. The van der Waals surface area contributed by atoms with Crippen LogP contribution < -0.4 is 0 Å². The summed E-state index contributed by atoms with van der Waals surface area (Å²) in [5, 5.41) is 10.7. The van der Waals surface area contributed by atoms with Crippen molar-refractivity contribution in [2.45, 2.75) is 43.4 Å². The van der Waals surface area contributed by atoms with Crippen LogP contribution in [-0.2, 0) is 5.60 Å². The molecule has 2 unspecified atom stereocenters. The predicted molar refractivity (Wildman–Crippen MR) is 59.7 cm³/mol. The van der Waals surface area contributed by atoms with Crippen LogP contribution in [0.15, 0.2) is 18.6 Å². The predicted octanol–water partition coefficient (Wildman–Crippen LogP) is 0.921. The zero-order chi connectivity index (χ0) is 11.2. The lowest BCUT2D eigenvalue weighted by atomic mass is 9.84. The molecule has 1 aromatic rings. The van der Waals surface area contributed by atoms with Crippen molar-refractivity contribution in [2.75, 3.05) is 7.05 Å². The summed E-state index contributed by atoms with van der Waals surface area (Å²) in [4.78, 5) is 10.7. The van der Waals surface area contributed by atoms with E-state index in [1.165, 1.54) is 12.8 Å². The standard InChI is InChI=1S/C12H17N3O/c1-15-9-2-3-10(15)7-12(16,6-9)11-8-13-4-5-14-11/h4-5,8-10,16H,2-3,6-7H2,1H3. The Balaban J connectivity index is 1.91. The van der Waals surface area contributed by atoms with Gasteiger partial charge in [-0.15, -0.1) is 0 Å². The lowest BCUT2D eigenvalue weighted by Crippen LogP contribution is -2.48. The highest BCUT2D eigenvalue weighted by Crippen LogP contribution is 2.43. The fourth-order valence-electron chi connectivity index (χ4n) is 3.19. The van der Waals surface area contributed by atoms with Gasteiger partial charge in [-0.05, 0) is 32.7 Å². The Bertz CT molecular complexity index is 367. The molecule has 0 amide bonds. The summed E-state index contributed by atoms with van der Waals surface area (Å²) < 4.78 is 0. The fraction of sp³-hybridized carbons (Fsp3) is 0.667. The first-order valence-electron chi connectivity index (χ1n) is 5.90. The highest BCUT2D eigenvalue weighted by molar-refractivity contribution is 5.14. The molecule has 2 atom stereocenters. The first-order chi connectivity index (χ1) is 7.69. The Hall–Kier alpha value is -1.00. The van der Waals surface area contributed by atoms with Crippen LogP contribution in [0.5, 0.6) is 0 Å². The number of aliphatic hydroxyl groups is 1. The van der Waals surface area contributed by atoms with Gasteiger partial charge in [0, 0.05) is 24.5 Å². The molecular weight excluding hydrogens is 202 g/mol. The Labute approximate surface area is 95.3 Å². The van der Waals surface area contributed by atoms with Gasteiger partial charge < -0.3 is 10.0 Å². The number of piperidine rings is 1. The van der Waals surface area contributed by atoms with Crippen molar-refractivity contribution in [1.82, 2.24) is 14.9 Å². The van der Waals surface area contributed by atoms with E-state index < -0.39 is 5.60 Å². The molecule has 3 rings (SSSR count). The van der Waals surface area contributed by atoms with Crippen LogP contribution in [-0.4, -0.2) is 39.1 Å². The molecule has 4 heteroatoms. The molecule has 2 aliphatic heterocycles. The zero-order valence-corrected chi connectivity index (χ0v) is 9.50. The van der Waals surface area contributed by atoms with Crippen molar-refractivity contribution >= 4 is 0 Å². The van der Waals surface area contributed by atoms with E-state index in [9.17, 15) is 5.11 Å². The smallest absolute Gasteiger partial charge is 0.111 e. The third-order valence-corrected chi connectivity index (χ3v) is 4.17. The van der Waals surface area contributed by atoms with Crippen LogP contribution in [0.4, 0.5) is 0 Å². The average Bonchev–Trinajstić information content (AvgIpc) is 2.54. The van der Waals surface area contributed by atoms with E-state index in [2.05, 4.69) is 21.9 Å². The van der Waals surface area contributed by atoms with E-state index in [4.69, 9.17) is 0 Å². The van der Waals surface area contributed by atoms with Gasteiger partial charge >= 0.3 is 0 Å². The molecule has 1 N–H and O–H groups in total. The molecule has 2 fully saturated rings. The molecular formula is C12H17N3O. The maximum atomic E-state index is 10.7. The van der Waals surface area contributed by atoms with Crippen LogP contribution in [0.3, 0.4) is 0 Å². The first-order valence-corrected chi connectivity index (χ1v) is 5.90. The highest BCUT2D eigenvalue weighted by Gasteiger charge is 2.47. The van der Waals surface area contributed by atoms with Crippen molar-refractivity contribution < 1.29 is 5.11 Å². The van der Waals surface area contributed by atoms with Crippen LogP contribution in [0, 0.1) is 0 Å². The van der Waals surface area contributed by atoms with Gasteiger partial charge in [-0.25, -0.2) is 0 Å². The van der Waals surface area contributed by atoms with Crippen molar-refractivity contribution in [3.63, 3.8) is 0 Å². The summed E-state index contributed by atoms with van der Waals surface area (Å²) in [5.41, 5.74) is -0.0212. The third-order valence-electron chi connectivity index (χ3n) is 4.17. The second-order valence-corrected chi connectivity index (χ2v) is 5.08. The summed E-state index contributed by atoms with van der Waals surface area (Å²) >= 11 is 0. The lowest BCUT2D eigenvalue weighted by molar-refractivity contribution is -0.0526. The first kappa shape index (κ1) is 10.2. The molecule has 0 aliphatic carbocycles. The van der Waals surface area contributed by atoms with E-state index in [0.717, 1.165) is 18.5 Å². The van der Waals surface area contributed by atoms with Crippen LogP contribution in [0.25, 0.3) is 0 Å². The molecule has 1 aromatic heterocycles. The zero-order valence-electron chi connectivity index (χ0n) is 9.50. The van der Waals surface area contributed by atoms with E-state index in [0.29, 0.717) is 12.1 Å². The van der Waals surface area contributed by atoms with Crippen molar-refractivity contribution in [1.29, 1.82) is 0 Å². The quantitative estimate of drug-likeness (QED) is 0.763. The number of rotatable bonds is 1. The maximum absolute atomic E-state index is 10.7. The van der Waals surface area contributed by atoms with E-state index in [-0.39, 0.29) is 0 Å². The number of hydrogen-bond donors (Lipinski definition) is 1. The van der Waals surface area contributed by atoms with Gasteiger partial charge in [-0.1, -0.05) is 0 Å². The molecule has 0 spiro atoms. The molecule has 86 valence electrons. The second kappa shape index (κ2) is 3.50. The summed E-state index contributed by atoms with van der Waals surface area (Å²) in [6.07, 6.45) is 8.99. The molecule has 0 aromatic carbocycles. The molecule has 2 saturated heterocycles. The molecule has 3 heterocycles. The van der Waals surface area contributed by atoms with Crippen molar-refractivity contribution in [2.24, 2.45) is 0 Å². The van der Waals surface area contributed by atoms with E-state index in [1.54, 1.807) is 18.6 Å². The summed E-state index contributed by atoms with van der Waals surface area (Å²) in [6.45, 7) is 0. The number of nitrogens with zero attached hydrogens (tertiary/aromatic N) is 3. The van der Waals surface area contributed by atoms with Crippen molar-refractivity contribution in [3.05, 3.63) is 24.3 Å². The van der Waals surface area contributed by atoms with Gasteiger partial charge in [0.1, 0.15) is 5.60 Å². The van der Waals surface area contributed by atoms with Crippen LogP contribution >= 0.6 is 0 Å². The van der Waals surface area contributed by atoms with Gasteiger partial charge in [0.2, 0.25) is 0 Å². The average molecular weight is 219 g/mol. The topological polar surface area (TPSA) is 49.2 Å². The summed E-state index contributed by atoms with van der Waals surface area (Å²) in [5.74, 6) is 0. The molecule has 0 radical (unpaired) electrons. The van der Waals surface area contributed by atoms with Crippen molar-refractivity contribution in [3.8, 4) is 0 Å². The Kier molecular flexibility index (Phi) is 2.23. The highest BCUT2D eigenvalue weighted by atomic mass is 16.3. The monoisotopic (exact) mass is 219 g/mol. The molecule has 2 bridgehead atoms. The summed E-state index contributed by atoms with van der Waals surface area (Å²) in [7, 11) is 2.17. The second-order valence-electron chi connectivity index (χ2n) is 5.08. The SMILES string of the molecule is CN1C2CCC1CC(O)(c1cnccn1)C2. The minimum atomic E-state index is -0.757. The minimum Gasteiger partial charge on any atom is -0.383 e. The maximum Gasteiger partial charge on any atom is 0.111 e. The minimum absolute atomic E-state index is 0.505. The van der Waals surface area contributed by atoms with Gasteiger partial charge in [-0.3, -0.25) is 9.97 Å². The van der Waals surface area contributed by atoms with Gasteiger partial charge in [0.05, 0.1) is 11.9 Å². The molecule has 2 aliphatic rings. The Morgan fingerprint density at radius 3 is 2.56 bits per heavy atom. The van der Waals surface area contributed by atoms with Crippen LogP contribution in [0.2, 0.25) is 0 Å². The largest absolute Gasteiger partial charge is 0.383 e. The van der Waals surface area contributed by atoms with Gasteiger partial charge in [0.15, 0.2) is 0 Å². The van der Waals surface area contributed by atoms with Crippen LogP contribution in [0.1, 0.15) is 31.4 Å². The number of aromatic nitrogens is 2. The van der Waals surface area contributed by atoms with Gasteiger partial charge in [0.25, 0.3) is 0 Å². The lowest BCUT2D eigenvalue weighted by Gasteiger charge is -2.41. The third kappa shape index (κ3) is 1.44. The molecule has 16 heavy (non-hydrogen) atoms. The normalized spacial score (nSPS) is 38.9. The van der Waals surface area contributed by atoms with Gasteiger partial charge in [-0.2, -0.15) is 0 Å². The number of fused-ring (bicyclic) bond motifs is 2. The fourth-order valence-corrected chi connectivity index (χ4v) is 3.19.